The van der Waals surface area contributed by atoms with Gasteiger partial charge in [0.2, 0.25) is 0 Å². The Morgan fingerprint density at radius 1 is 1.20 bits per heavy atom. The van der Waals surface area contributed by atoms with Gasteiger partial charge in [0.25, 0.3) is 5.91 Å². The number of amides is 1. The van der Waals surface area contributed by atoms with Crippen molar-refractivity contribution in [1.82, 2.24) is 20.0 Å². The number of H-pyrrole nitrogens is 1. The molecule has 0 unspecified atom stereocenters. The third-order valence-electron chi connectivity index (χ3n) is 4.83. The molecule has 0 saturated carbocycles. The molecule has 1 aromatic carbocycles. The zero-order valence-corrected chi connectivity index (χ0v) is 16.6. The van der Waals surface area contributed by atoms with Crippen LogP contribution in [0.2, 0.25) is 0 Å². The summed E-state index contributed by atoms with van der Waals surface area (Å²) in [6.07, 6.45) is -4.70. The smallest absolute Gasteiger partial charge is 0.332 e. The lowest BCUT2D eigenvalue weighted by molar-refractivity contribution is -0.141. The summed E-state index contributed by atoms with van der Waals surface area (Å²) in [6, 6.07) is 6.41. The van der Waals surface area contributed by atoms with Gasteiger partial charge in [-0.2, -0.15) is 18.3 Å². The van der Waals surface area contributed by atoms with Gasteiger partial charge in [0, 0.05) is 44.4 Å². The number of rotatable bonds is 6. The minimum atomic E-state index is -4.70. The van der Waals surface area contributed by atoms with Crippen molar-refractivity contribution in [2.24, 2.45) is 0 Å². The van der Waals surface area contributed by atoms with Crippen LogP contribution in [0.1, 0.15) is 21.7 Å². The molecule has 30 heavy (non-hydrogen) atoms. The second kappa shape index (κ2) is 8.72. The van der Waals surface area contributed by atoms with Crippen molar-refractivity contribution in [2.45, 2.75) is 12.7 Å². The topological polar surface area (TPSA) is 86.4 Å². The highest BCUT2D eigenvalue weighted by molar-refractivity contribution is 7.91. The van der Waals surface area contributed by atoms with E-state index in [9.17, 15) is 30.8 Å². The van der Waals surface area contributed by atoms with Crippen LogP contribution >= 0.6 is 0 Å². The first-order valence-electron chi connectivity index (χ1n) is 9.13. The largest absolute Gasteiger partial charge is 0.435 e. The summed E-state index contributed by atoms with van der Waals surface area (Å²) in [4.78, 5) is 15.9. The number of aromatic nitrogens is 2. The number of sulfone groups is 1. The summed E-state index contributed by atoms with van der Waals surface area (Å²) in [5.41, 5.74) is -1.37. The Hall–Kier alpha value is -2.47. The fourth-order valence-corrected chi connectivity index (χ4v) is 4.34. The van der Waals surface area contributed by atoms with E-state index in [4.69, 9.17) is 0 Å². The van der Waals surface area contributed by atoms with E-state index in [2.05, 4.69) is 10.2 Å². The molecule has 0 spiro atoms. The molecule has 164 valence electrons. The van der Waals surface area contributed by atoms with Crippen LogP contribution in [0.3, 0.4) is 0 Å². The molecule has 3 rings (SSSR count). The summed E-state index contributed by atoms with van der Waals surface area (Å²) in [5, 5.41) is 5.23. The van der Waals surface area contributed by atoms with Crippen LogP contribution in [0, 0.1) is 5.82 Å². The molecule has 1 fully saturated rings. The van der Waals surface area contributed by atoms with Crippen molar-refractivity contribution in [1.29, 1.82) is 0 Å². The van der Waals surface area contributed by atoms with Gasteiger partial charge in [0.05, 0.1) is 11.5 Å². The van der Waals surface area contributed by atoms with E-state index in [0.29, 0.717) is 25.7 Å². The summed E-state index contributed by atoms with van der Waals surface area (Å²) >= 11 is 0. The van der Waals surface area contributed by atoms with Crippen molar-refractivity contribution >= 4 is 15.7 Å². The maximum Gasteiger partial charge on any atom is 0.435 e. The average molecular weight is 448 g/mol. The van der Waals surface area contributed by atoms with Gasteiger partial charge < -0.3 is 4.90 Å². The highest BCUT2D eigenvalue weighted by Crippen LogP contribution is 2.28. The summed E-state index contributed by atoms with van der Waals surface area (Å²) in [6.45, 7) is 0.820. The average Bonchev–Trinajstić information content (AvgIpc) is 3.17. The Balaban J connectivity index is 1.76. The molecule has 1 aliphatic rings. The molecule has 1 aliphatic heterocycles. The van der Waals surface area contributed by atoms with Gasteiger partial charge in [-0.1, -0.05) is 18.2 Å². The third kappa shape index (κ3) is 5.57. The van der Waals surface area contributed by atoms with Crippen LogP contribution in [0.15, 0.2) is 30.3 Å². The van der Waals surface area contributed by atoms with Gasteiger partial charge in [0.1, 0.15) is 11.5 Å². The van der Waals surface area contributed by atoms with E-state index >= 15 is 0 Å². The molecule has 1 saturated heterocycles. The first-order valence-corrected chi connectivity index (χ1v) is 11.0. The predicted octanol–water partition coefficient (Wildman–Crippen LogP) is 1.94. The summed E-state index contributed by atoms with van der Waals surface area (Å²) in [7, 11) is -3.07. The van der Waals surface area contributed by atoms with E-state index in [-0.39, 0.29) is 35.9 Å². The highest BCUT2D eigenvalue weighted by Gasteiger charge is 2.35. The van der Waals surface area contributed by atoms with Crippen LogP contribution in [-0.2, 0) is 22.6 Å². The number of hydrogen-bond acceptors (Lipinski definition) is 5. The summed E-state index contributed by atoms with van der Waals surface area (Å²) in [5.74, 6) is -1.29. The lowest BCUT2D eigenvalue weighted by atomic mass is 10.2. The van der Waals surface area contributed by atoms with Crippen molar-refractivity contribution < 1.29 is 30.8 Å². The van der Waals surface area contributed by atoms with Crippen LogP contribution < -0.4 is 0 Å². The van der Waals surface area contributed by atoms with Crippen LogP contribution in [0.4, 0.5) is 17.6 Å². The second-order valence-electron chi connectivity index (χ2n) is 6.98. The highest BCUT2D eigenvalue weighted by atomic mass is 32.2. The van der Waals surface area contributed by atoms with Gasteiger partial charge in [0.15, 0.2) is 15.5 Å². The zero-order valence-electron chi connectivity index (χ0n) is 15.8. The van der Waals surface area contributed by atoms with Gasteiger partial charge in [-0.25, -0.2) is 12.8 Å². The van der Waals surface area contributed by atoms with Gasteiger partial charge in [-0.05, 0) is 6.07 Å². The molecule has 1 amide bonds. The Morgan fingerprint density at radius 2 is 1.87 bits per heavy atom. The number of alkyl halides is 3. The first-order chi connectivity index (χ1) is 14.0. The van der Waals surface area contributed by atoms with Crippen LogP contribution in [-0.4, -0.2) is 72.0 Å². The molecule has 0 aliphatic carbocycles. The minimum absolute atomic E-state index is 0.00372. The van der Waals surface area contributed by atoms with E-state index in [1.165, 1.54) is 23.1 Å². The molecule has 0 atom stereocenters. The molecule has 0 radical (unpaired) electrons. The number of carbonyl (C=O) groups is 1. The molecule has 12 heteroatoms. The van der Waals surface area contributed by atoms with Crippen molar-refractivity contribution in [3.63, 3.8) is 0 Å². The molecule has 1 aromatic heterocycles. The maximum absolute atomic E-state index is 14.1. The number of aromatic amines is 1. The van der Waals surface area contributed by atoms with Crippen molar-refractivity contribution in [3.05, 3.63) is 53.1 Å². The zero-order chi connectivity index (χ0) is 21.9. The molecule has 2 heterocycles. The minimum Gasteiger partial charge on any atom is -0.332 e. The van der Waals surface area contributed by atoms with Crippen molar-refractivity contribution in [2.75, 3.05) is 37.7 Å². The SMILES string of the molecule is O=C(c1cc(C(F)(F)F)n[nH]1)N(CCN1CCS(=O)(=O)CC1)Cc1ccccc1F. The number of nitrogens with zero attached hydrogens (tertiary/aromatic N) is 3. The molecule has 2 aromatic rings. The standard InChI is InChI=1S/C18H20F4N4O3S/c19-14-4-2-1-3-13(14)12-26(6-5-25-7-9-30(28,29)10-8-25)17(27)15-11-16(24-23-15)18(20,21)22/h1-4,11H,5-10,12H2,(H,23,24). The van der Waals surface area contributed by atoms with E-state index in [1.54, 1.807) is 6.07 Å². The molecule has 0 bridgehead atoms. The fourth-order valence-electron chi connectivity index (χ4n) is 3.07. The monoisotopic (exact) mass is 448 g/mol. The quantitative estimate of drug-likeness (QED) is 0.683. The Morgan fingerprint density at radius 3 is 2.47 bits per heavy atom. The number of benzene rings is 1. The second-order valence-corrected chi connectivity index (χ2v) is 9.28. The summed E-state index contributed by atoms with van der Waals surface area (Å²) < 4.78 is 75.6. The van der Waals surface area contributed by atoms with Crippen LogP contribution in [0.25, 0.3) is 0 Å². The number of carbonyl (C=O) groups excluding carboxylic acids is 1. The predicted molar refractivity (Wildman–Crippen MR) is 99.8 cm³/mol. The third-order valence-corrected chi connectivity index (χ3v) is 6.44. The molecular formula is C18H20F4N4O3S. The molecule has 7 nitrogen and oxygen atoms in total. The van der Waals surface area contributed by atoms with Gasteiger partial charge in [-0.3, -0.25) is 14.8 Å². The fraction of sp³-hybridized carbons (Fsp3) is 0.444. The van der Waals surface area contributed by atoms with E-state index < -0.39 is 33.4 Å². The number of halogens is 4. The number of hydrogen-bond donors (Lipinski definition) is 1. The Labute approximate surface area is 170 Å². The number of nitrogens with one attached hydrogen (secondary N) is 1. The Bertz CT molecular complexity index is 993. The molecule has 1 N–H and O–H groups in total. The van der Waals surface area contributed by atoms with Crippen molar-refractivity contribution in [3.8, 4) is 0 Å². The van der Waals surface area contributed by atoms with Gasteiger partial charge >= 0.3 is 6.18 Å². The maximum atomic E-state index is 14.1. The van der Waals surface area contributed by atoms with Gasteiger partial charge in [-0.15, -0.1) is 0 Å². The van der Waals surface area contributed by atoms with E-state index in [0.717, 1.165) is 0 Å². The lowest BCUT2D eigenvalue weighted by Crippen LogP contribution is -2.45. The first kappa shape index (κ1) is 22.2. The van der Waals surface area contributed by atoms with Crippen LogP contribution in [0.5, 0.6) is 0 Å². The lowest BCUT2D eigenvalue weighted by Gasteiger charge is -2.30. The Kier molecular flexibility index (Phi) is 6.46. The molecular weight excluding hydrogens is 428 g/mol. The van der Waals surface area contributed by atoms with E-state index in [1.807, 2.05) is 4.90 Å². The normalized spacial score (nSPS) is 17.1.